The Kier molecular flexibility index (Phi) is 4.47. The zero-order valence-corrected chi connectivity index (χ0v) is 12.1. The van der Waals surface area contributed by atoms with E-state index in [9.17, 15) is 14.7 Å². The van der Waals surface area contributed by atoms with Gasteiger partial charge in [-0.1, -0.05) is 23.2 Å². The summed E-state index contributed by atoms with van der Waals surface area (Å²) in [5.41, 5.74) is 0.124. The molecule has 1 aliphatic rings. The van der Waals surface area contributed by atoms with E-state index in [0.29, 0.717) is 0 Å². The first-order chi connectivity index (χ1) is 9.43. The van der Waals surface area contributed by atoms with Gasteiger partial charge in [-0.2, -0.15) is 0 Å². The van der Waals surface area contributed by atoms with Crippen LogP contribution in [-0.2, 0) is 9.53 Å². The van der Waals surface area contributed by atoms with E-state index in [4.69, 9.17) is 23.2 Å². The fourth-order valence-electron chi connectivity index (χ4n) is 2.12. The molecular formula is C12H12Cl2N2O4. The molecule has 1 saturated heterocycles. The van der Waals surface area contributed by atoms with Gasteiger partial charge in [0.05, 0.1) is 18.8 Å². The Morgan fingerprint density at radius 2 is 2.15 bits per heavy atom. The third kappa shape index (κ3) is 2.87. The quantitative estimate of drug-likeness (QED) is 0.653. The van der Waals surface area contributed by atoms with Crippen molar-refractivity contribution in [2.75, 3.05) is 13.7 Å². The summed E-state index contributed by atoms with van der Waals surface area (Å²) in [5.74, 6) is -1.07. The normalized spacial score (nSPS) is 21.9. The summed E-state index contributed by atoms with van der Waals surface area (Å²) in [4.78, 5) is 29.1. The van der Waals surface area contributed by atoms with Gasteiger partial charge >= 0.3 is 5.97 Å². The van der Waals surface area contributed by atoms with Crippen LogP contribution in [0.1, 0.15) is 16.8 Å². The van der Waals surface area contributed by atoms with Crippen molar-refractivity contribution in [3.8, 4) is 0 Å². The van der Waals surface area contributed by atoms with Crippen molar-refractivity contribution in [3.05, 3.63) is 28.0 Å². The number of hydrogen-bond donors (Lipinski definition) is 1. The Hall–Kier alpha value is -1.37. The molecule has 1 amide bonds. The fraction of sp³-hybridized carbons (Fsp3) is 0.417. The molecule has 1 aromatic rings. The number of carbonyl (C=O) groups is 2. The Labute approximate surface area is 125 Å². The molecule has 1 aliphatic heterocycles. The number of halogens is 2. The van der Waals surface area contributed by atoms with E-state index >= 15 is 0 Å². The van der Waals surface area contributed by atoms with E-state index in [1.165, 1.54) is 24.1 Å². The van der Waals surface area contributed by atoms with Crippen LogP contribution >= 0.6 is 23.2 Å². The largest absolute Gasteiger partial charge is 0.467 e. The molecule has 0 spiro atoms. The highest BCUT2D eigenvalue weighted by molar-refractivity contribution is 6.34. The molecule has 1 fully saturated rings. The van der Waals surface area contributed by atoms with Gasteiger partial charge in [0.15, 0.2) is 0 Å². The van der Waals surface area contributed by atoms with Crippen molar-refractivity contribution in [2.24, 2.45) is 0 Å². The third-order valence-corrected chi connectivity index (χ3v) is 3.56. The second kappa shape index (κ2) is 5.95. The standard InChI is InChI=1S/C12H12Cl2N2O4/c1-20-12(19)8-4-6(17)5-16(8)11(18)7-2-3-9(13)15-10(7)14/h2-3,6,8,17H,4-5H2,1H3. The second-order valence-electron chi connectivity index (χ2n) is 4.36. The Morgan fingerprint density at radius 3 is 2.75 bits per heavy atom. The van der Waals surface area contributed by atoms with Crippen LogP contribution in [-0.4, -0.2) is 52.7 Å². The zero-order chi connectivity index (χ0) is 14.9. The lowest BCUT2D eigenvalue weighted by Gasteiger charge is -2.22. The molecule has 2 unspecified atom stereocenters. The smallest absolute Gasteiger partial charge is 0.328 e. The molecule has 0 radical (unpaired) electrons. The number of carbonyl (C=O) groups excluding carboxylic acids is 2. The summed E-state index contributed by atoms with van der Waals surface area (Å²) in [6, 6.07) is 2.04. The average molecular weight is 319 g/mol. The maximum absolute atomic E-state index is 12.4. The molecule has 2 atom stereocenters. The average Bonchev–Trinajstić information content (AvgIpc) is 2.79. The van der Waals surface area contributed by atoms with Crippen molar-refractivity contribution in [2.45, 2.75) is 18.6 Å². The van der Waals surface area contributed by atoms with Crippen LogP contribution in [0.4, 0.5) is 0 Å². The van der Waals surface area contributed by atoms with E-state index in [1.807, 2.05) is 0 Å². The molecule has 1 aromatic heterocycles. The number of rotatable bonds is 2. The van der Waals surface area contributed by atoms with Crippen LogP contribution in [0.5, 0.6) is 0 Å². The summed E-state index contributed by atoms with van der Waals surface area (Å²) < 4.78 is 4.63. The van der Waals surface area contributed by atoms with Gasteiger partial charge in [-0.05, 0) is 12.1 Å². The van der Waals surface area contributed by atoms with Crippen molar-refractivity contribution in [3.63, 3.8) is 0 Å². The van der Waals surface area contributed by atoms with Gasteiger partial charge < -0.3 is 14.7 Å². The van der Waals surface area contributed by atoms with Crippen LogP contribution in [0.3, 0.4) is 0 Å². The molecular weight excluding hydrogens is 307 g/mol. The molecule has 0 bridgehead atoms. The molecule has 0 saturated carbocycles. The number of aromatic nitrogens is 1. The van der Waals surface area contributed by atoms with Crippen LogP contribution in [0.25, 0.3) is 0 Å². The minimum atomic E-state index is -0.825. The summed E-state index contributed by atoms with van der Waals surface area (Å²) >= 11 is 11.6. The van der Waals surface area contributed by atoms with Gasteiger partial charge in [0.1, 0.15) is 16.3 Å². The van der Waals surface area contributed by atoms with Crippen molar-refractivity contribution in [1.82, 2.24) is 9.88 Å². The van der Waals surface area contributed by atoms with E-state index in [2.05, 4.69) is 9.72 Å². The first kappa shape index (κ1) is 15.0. The predicted molar refractivity (Wildman–Crippen MR) is 71.7 cm³/mol. The van der Waals surface area contributed by atoms with Crippen LogP contribution in [0, 0.1) is 0 Å². The topological polar surface area (TPSA) is 79.7 Å². The number of nitrogens with zero attached hydrogens (tertiary/aromatic N) is 2. The minimum Gasteiger partial charge on any atom is -0.467 e. The van der Waals surface area contributed by atoms with E-state index in [-0.39, 0.29) is 28.8 Å². The highest BCUT2D eigenvalue weighted by Gasteiger charge is 2.40. The van der Waals surface area contributed by atoms with E-state index in [1.54, 1.807) is 0 Å². The first-order valence-corrected chi connectivity index (χ1v) is 6.58. The number of esters is 1. The van der Waals surface area contributed by atoms with Crippen LogP contribution in [0.2, 0.25) is 10.3 Å². The lowest BCUT2D eigenvalue weighted by atomic mass is 10.2. The first-order valence-electron chi connectivity index (χ1n) is 5.83. The zero-order valence-electron chi connectivity index (χ0n) is 10.5. The molecule has 0 aliphatic carbocycles. The van der Waals surface area contributed by atoms with Crippen molar-refractivity contribution < 1.29 is 19.4 Å². The molecule has 20 heavy (non-hydrogen) atoms. The molecule has 2 heterocycles. The predicted octanol–water partition coefficient (Wildman–Crippen LogP) is 1.14. The van der Waals surface area contributed by atoms with Gasteiger partial charge in [0, 0.05) is 13.0 Å². The van der Waals surface area contributed by atoms with Gasteiger partial charge in [-0.15, -0.1) is 0 Å². The molecule has 8 heteroatoms. The van der Waals surface area contributed by atoms with Gasteiger partial charge in [-0.25, -0.2) is 9.78 Å². The Bertz CT molecular complexity index is 552. The van der Waals surface area contributed by atoms with E-state index in [0.717, 1.165) is 0 Å². The second-order valence-corrected chi connectivity index (χ2v) is 5.10. The summed E-state index contributed by atoms with van der Waals surface area (Å²) in [5, 5.41) is 9.77. The number of likely N-dealkylation sites (tertiary alicyclic amines) is 1. The third-order valence-electron chi connectivity index (χ3n) is 3.06. The van der Waals surface area contributed by atoms with Crippen LogP contribution in [0.15, 0.2) is 12.1 Å². The number of aliphatic hydroxyl groups excluding tert-OH is 1. The number of methoxy groups -OCH3 is 1. The van der Waals surface area contributed by atoms with Crippen molar-refractivity contribution in [1.29, 1.82) is 0 Å². The summed E-state index contributed by atoms with van der Waals surface area (Å²) in [6.45, 7) is 0.0392. The highest BCUT2D eigenvalue weighted by atomic mass is 35.5. The number of ether oxygens (including phenoxy) is 1. The minimum absolute atomic E-state index is 0.0392. The van der Waals surface area contributed by atoms with Crippen LogP contribution < -0.4 is 0 Å². The highest BCUT2D eigenvalue weighted by Crippen LogP contribution is 2.25. The number of β-amino-alcohol motifs (C(OH)–C–C–N with tert-alkyl or cyclic N) is 1. The maximum Gasteiger partial charge on any atom is 0.328 e. The Morgan fingerprint density at radius 1 is 1.45 bits per heavy atom. The maximum atomic E-state index is 12.4. The number of pyridine rings is 1. The number of aliphatic hydroxyl groups is 1. The monoisotopic (exact) mass is 318 g/mol. The molecule has 6 nitrogen and oxygen atoms in total. The molecule has 0 aromatic carbocycles. The van der Waals surface area contributed by atoms with Crippen molar-refractivity contribution >= 4 is 35.1 Å². The molecule has 2 rings (SSSR count). The lowest BCUT2D eigenvalue weighted by Crippen LogP contribution is -2.41. The Balaban J connectivity index is 2.29. The van der Waals surface area contributed by atoms with Gasteiger partial charge in [0.25, 0.3) is 5.91 Å². The molecule has 1 N–H and O–H groups in total. The summed E-state index contributed by atoms with van der Waals surface area (Å²) in [7, 11) is 1.23. The van der Waals surface area contributed by atoms with E-state index < -0.39 is 24.0 Å². The molecule has 108 valence electrons. The summed E-state index contributed by atoms with van der Waals surface area (Å²) in [6.07, 6.45) is -0.640. The number of amides is 1. The fourth-order valence-corrected chi connectivity index (χ4v) is 2.55. The van der Waals surface area contributed by atoms with Gasteiger partial charge in [0.2, 0.25) is 0 Å². The SMILES string of the molecule is COC(=O)C1CC(O)CN1C(=O)c1ccc(Cl)nc1Cl. The number of hydrogen-bond acceptors (Lipinski definition) is 5. The lowest BCUT2D eigenvalue weighted by molar-refractivity contribution is -0.145. The van der Waals surface area contributed by atoms with Gasteiger partial charge in [-0.3, -0.25) is 4.79 Å².